The molecule has 0 saturated carbocycles. The number of thiophene rings is 1. The number of aromatic nitrogens is 1. The van der Waals surface area contributed by atoms with Crippen molar-refractivity contribution in [1.29, 1.82) is 0 Å². The number of aliphatic hydroxyl groups is 1. The van der Waals surface area contributed by atoms with Crippen LogP contribution in [0.3, 0.4) is 0 Å². The van der Waals surface area contributed by atoms with E-state index in [1.54, 1.807) is 0 Å². The van der Waals surface area contributed by atoms with Crippen LogP contribution >= 0.6 is 11.3 Å². The minimum Gasteiger partial charge on any atom is -0.512 e. The first-order valence-corrected chi connectivity index (χ1v) is 20.6. The van der Waals surface area contributed by atoms with Crippen molar-refractivity contribution in [2.45, 2.75) is 121 Å². The average Bonchev–Trinajstić information content (AvgIpc) is 3.72. The van der Waals surface area contributed by atoms with Gasteiger partial charge in [0.15, 0.2) is 5.78 Å². The Labute approximate surface area is 347 Å². The summed E-state index contributed by atoms with van der Waals surface area (Å²) >= 11 is 1.81. The molecular formula is C49H60IrNO3S-. The van der Waals surface area contributed by atoms with E-state index in [0.29, 0.717) is 5.92 Å². The van der Waals surface area contributed by atoms with Crippen LogP contribution in [0, 0.1) is 29.7 Å². The number of carbonyl (C=O) groups excluding carboxylic acids is 1. The topological polar surface area (TPSA) is 63.3 Å². The monoisotopic (exact) mass is 935 g/mol. The van der Waals surface area contributed by atoms with Gasteiger partial charge in [-0.25, -0.2) is 0 Å². The van der Waals surface area contributed by atoms with Crippen LogP contribution in [0.4, 0.5) is 0 Å². The molecule has 3 heterocycles. The van der Waals surface area contributed by atoms with Crippen LogP contribution in [0.5, 0.6) is 0 Å². The zero-order valence-electron chi connectivity index (χ0n) is 35.0. The SMILES string of the molecule is CCC(C)(CC)C(=O)/C=C(\O)C(C)(CC)CC.Cc1oc2cc(CC(C)C)ccc2c1-c1cc2c(-c3[c-]c4ccccc4c(C(C)(C)C)c3)nccc2s1.[Ir]. The molecule has 0 unspecified atom stereocenters. The van der Waals surface area contributed by atoms with Crippen molar-refractivity contribution in [3.8, 4) is 21.7 Å². The van der Waals surface area contributed by atoms with E-state index in [-0.39, 0.29) is 47.9 Å². The fourth-order valence-corrected chi connectivity index (χ4v) is 8.29. The quantitative estimate of drug-likeness (QED) is 0.0799. The van der Waals surface area contributed by atoms with Gasteiger partial charge in [0.2, 0.25) is 0 Å². The van der Waals surface area contributed by atoms with Gasteiger partial charge in [0.05, 0.1) is 0 Å². The normalized spacial score (nSPS) is 12.6. The largest absolute Gasteiger partial charge is 0.512 e. The Bertz CT molecular complexity index is 2290. The summed E-state index contributed by atoms with van der Waals surface area (Å²) in [5.41, 5.74) is 6.25. The molecule has 0 bridgehead atoms. The maximum atomic E-state index is 12.2. The van der Waals surface area contributed by atoms with E-state index < -0.39 is 0 Å². The number of fused-ring (bicyclic) bond motifs is 3. The van der Waals surface area contributed by atoms with Gasteiger partial charge in [-0.15, -0.1) is 40.5 Å². The minimum atomic E-state index is -0.337. The first kappa shape index (κ1) is 44.1. The molecule has 295 valence electrons. The van der Waals surface area contributed by atoms with E-state index in [1.165, 1.54) is 48.5 Å². The average molecular weight is 935 g/mol. The van der Waals surface area contributed by atoms with Gasteiger partial charge >= 0.3 is 0 Å². The van der Waals surface area contributed by atoms with Crippen molar-refractivity contribution < 1.29 is 34.4 Å². The van der Waals surface area contributed by atoms with Gasteiger partial charge < -0.3 is 9.52 Å². The molecule has 0 aliphatic heterocycles. The molecule has 3 aromatic heterocycles. The third-order valence-electron chi connectivity index (χ3n) is 11.7. The molecule has 0 aliphatic rings. The predicted octanol–water partition coefficient (Wildman–Crippen LogP) is 14.8. The second-order valence-electron chi connectivity index (χ2n) is 17.0. The Morgan fingerprint density at radius 2 is 1.53 bits per heavy atom. The Balaban J connectivity index is 0.000000320. The molecule has 0 amide bonds. The molecule has 0 spiro atoms. The molecule has 3 aromatic carbocycles. The second kappa shape index (κ2) is 17.7. The minimum absolute atomic E-state index is 0. The number of hydrogen-bond donors (Lipinski definition) is 1. The summed E-state index contributed by atoms with van der Waals surface area (Å²) in [7, 11) is 0. The Kier molecular flexibility index (Phi) is 14.2. The maximum Gasteiger partial charge on any atom is 0.164 e. The van der Waals surface area contributed by atoms with Crippen LogP contribution < -0.4 is 0 Å². The number of furan rings is 1. The number of hydrogen-bond acceptors (Lipinski definition) is 5. The third kappa shape index (κ3) is 9.36. The molecule has 6 aromatic rings. The van der Waals surface area contributed by atoms with E-state index >= 15 is 0 Å². The maximum absolute atomic E-state index is 12.2. The van der Waals surface area contributed by atoms with Crippen LogP contribution in [-0.2, 0) is 36.7 Å². The molecule has 55 heavy (non-hydrogen) atoms. The van der Waals surface area contributed by atoms with E-state index in [2.05, 4.69) is 108 Å². The Morgan fingerprint density at radius 1 is 0.873 bits per heavy atom. The fourth-order valence-electron chi connectivity index (χ4n) is 7.13. The van der Waals surface area contributed by atoms with E-state index in [0.717, 1.165) is 60.1 Å². The summed E-state index contributed by atoms with van der Waals surface area (Å²) in [6.45, 7) is 25.5. The summed E-state index contributed by atoms with van der Waals surface area (Å²) in [4.78, 5) is 18.3. The standard InChI is InChI=1S/C34H32NOS.C15H28O2.Ir/c1-20(2)15-22-11-12-26-29(16-22)36-21(3)32(26)31-19-27-30(37-31)13-14-35-33(27)24-17-23-9-7-8-10-25(23)28(18-24)34(4,5)6;1-7-14(5,8-2)12(16)11-13(17)15(6,9-3)10-4;/h7-14,16,18-20H,15H2,1-6H3;11,16H,7-10H2,1-6H3;/q-1;;/b;12-11-;. The fraction of sp³-hybridized carbons (Fsp3) is 0.429. The summed E-state index contributed by atoms with van der Waals surface area (Å²) < 4.78 is 7.50. The molecule has 1 N–H and O–H groups in total. The van der Waals surface area contributed by atoms with Gasteiger partial charge in [0, 0.05) is 69.4 Å². The molecule has 0 fully saturated rings. The Hall–Kier alpha value is -3.57. The van der Waals surface area contributed by atoms with E-state index in [1.807, 2.05) is 59.1 Å². The third-order valence-corrected chi connectivity index (χ3v) is 12.8. The molecule has 6 rings (SSSR count). The van der Waals surface area contributed by atoms with Crippen molar-refractivity contribution >= 4 is 48.9 Å². The van der Waals surface area contributed by atoms with Gasteiger partial charge in [-0.05, 0) is 79.5 Å². The van der Waals surface area contributed by atoms with Crippen LogP contribution in [-0.4, -0.2) is 15.9 Å². The van der Waals surface area contributed by atoms with Gasteiger partial charge in [0.25, 0.3) is 0 Å². The molecule has 0 aliphatic carbocycles. The molecule has 4 nitrogen and oxygen atoms in total. The molecule has 0 saturated heterocycles. The summed E-state index contributed by atoms with van der Waals surface area (Å²) in [5, 5.41) is 14.9. The van der Waals surface area contributed by atoms with Crippen molar-refractivity contribution in [1.82, 2.24) is 4.98 Å². The number of aliphatic hydroxyl groups excluding tert-OH is 1. The number of allylic oxidation sites excluding steroid dienone is 2. The number of benzene rings is 3. The first-order chi connectivity index (χ1) is 25.5. The number of ketones is 1. The van der Waals surface area contributed by atoms with Crippen LogP contribution in [0.2, 0.25) is 0 Å². The zero-order chi connectivity index (χ0) is 39.6. The van der Waals surface area contributed by atoms with Gasteiger partial charge in [-0.1, -0.05) is 117 Å². The number of rotatable bonds is 11. The van der Waals surface area contributed by atoms with E-state index in [4.69, 9.17) is 9.40 Å². The van der Waals surface area contributed by atoms with Crippen LogP contribution in [0.15, 0.2) is 83.1 Å². The van der Waals surface area contributed by atoms with Gasteiger partial charge in [-0.2, -0.15) is 0 Å². The number of nitrogens with zero attached hydrogens (tertiary/aromatic N) is 1. The van der Waals surface area contributed by atoms with Gasteiger partial charge in [0.1, 0.15) is 17.1 Å². The number of aryl methyl sites for hydroxylation is 1. The molecule has 6 heteroatoms. The Morgan fingerprint density at radius 3 is 2.15 bits per heavy atom. The smallest absolute Gasteiger partial charge is 0.164 e. The first-order valence-electron chi connectivity index (χ1n) is 19.8. The summed E-state index contributed by atoms with van der Waals surface area (Å²) in [6, 6.07) is 25.6. The predicted molar refractivity (Wildman–Crippen MR) is 232 cm³/mol. The van der Waals surface area contributed by atoms with Crippen molar-refractivity contribution in [2.24, 2.45) is 16.7 Å². The van der Waals surface area contributed by atoms with Crippen molar-refractivity contribution in [3.63, 3.8) is 0 Å². The molecule has 1 radical (unpaired) electrons. The van der Waals surface area contributed by atoms with Crippen LogP contribution in [0.1, 0.15) is 119 Å². The van der Waals surface area contributed by atoms with Crippen LogP contribution in [0.25, 0.3) is 53.5 Å². The second-order valence-corrected chi connectivity index (χ2v) is 18.0. The van der Waals surface area contributed by atoms with Crippen molar-refractivity contribution in [3.05, 3.63) is 102 Å². The summed E-state index contributed by atoms with van der Waals surface area (Å²) in [5.74, 6) is 1.87. The number of pyridine rings is 1. The van der Waals surface area contributed by atoms with Crippen molar-refractivity contribution in [2.75, 3.05) is 0 Å². The molecule has 0 atom stereocenters. The molecular weight excluding hydrogens is 875 g/mol. The van der Waals surface area contributed by atoms with Gasteiger partial charge in [-0.3, -0.25) is 9.78 Å². The zero-order valence-corrected chi connectivity index (χ0v) is 38.2. The summed E-state index contributed by atoms with van der Waals surface area (Å²) in [6.07, 6.45) is 7.74. The van der Waals surface area contributed by atoms with E-state index in [9.17, 15) is 9.90 Å². The number of carbonyl (C=O) groups is 1.